The molecule has 2 aliphatic rings. The molecule has 4 nitrogen and oxygen atoms in total. The number of thiazole rings is 2. The van der Waals surface area contributed by atoms with Crippen molar-refractivity contribution in [2.45, 2.75) is 27.7 Å². The number of nitrogens with zero attached hydrogens (tertiary/aromatic N) is 2. The number of thiophene rings is 2. The van der Waals surface area contributed by atoms with E-state index < -0.39 is 0 Å². The molecule has 8 heteroatoms. The van der Waals surface area contributed by atoms with E-state index in [-0.39, 0.29) is 11.6 Å². The largest absolute Gasteiger partial charge is 0.288 e. The van der Waals surface area contributed by atoms with Crippen molar-refractivity contribution in [1.82, 2.24) is 9.97 Å². The smallest absolute Gasteiger partial charge is 0.232 e. The van der Waals surface area contributed by atoms with Crippen LogP contribution in [0, 0.1) is 27.7 Å². The fourth-order valence-electron chi connectivity index (χ4n) is 3.43. The molecule has 28 heavy (non-hydrogen) atoms. The van der Waals surface area contributed by atoms with Crippen molar-refractivity contribution in [2.24, 2.45) is 0 Å². The number of rotatable bonds is 0. The van der Waals surface area contributed by atoms with Crippen LogP contribution in [0.4, 0.5) is 0 Å². The van der Waals surface area contributed by atoms with Gasteiger partial charge in [0, 0.05) is 20.9 Å². The maximum Gasteiger partial charge on any atom is 0.232 e. The second-order valence-corrected chi connectivity index (χ2v) is 11.6. The minimum Gasteiger partial charge on any atom is -0.288 e. The SMILES string of the molecule is Cc1cc2c(s1)-c1sc(C)cc1C2=O.Cc1nc2c(s1)-c1sc(C)nc1C2=O. The average Bonchev–Trinajstić information content (AvgIpc) is 3.42. The molecule has 0 unspecified atom stereocenters. The van der Waals surface area contributed by atoms with Crippen molar-refractivity contribution in [2.75, 3.05) is 0 Å². The molecule has 0 fully saturated rings. The third kappa shape index (κ3) is 2.59. The normalized spacial score (nSPS) is 13.1. The van der Waals surface area contributed by atoms with E-state index in [1.54, 1.807) is 45.3 Å². The Kier molecular flexibility index (Phi) is 4.03. The maximum absolute atomic E-state index is 11.9. The molecule has 0 N–H and O–H groups in total. The van der Waals surface area contributed by atoms with Crippen molar-refractivity contribution in [3.63, 3.8) is 0 Å². The van der Waals surface area contributed by atoms with Crippen LogP contribution in [0.2, 0.25) is 0 Å². The highest BCUT2D eigenvalue weighted by Gasteiger charge is 2.34. The Labute approximate surface area is 177 Å². The van der Waals surface area contributed by atoms with Crippen LogP contribution in [-0.2, 0) is 0 Å². The first-order valence-electron chi connectivity index (χ1n) is 8.59. The first-order chi connectivity index (χ1) is 13.3. The van der Waals surface area contributed by atoms with Crippen molar-refractivity contribution in [1.29, 1.82) is 0 Å². The van der Waals surface area contributed by atoms with Crippen molar-refractivity contribution in [3.05, 3.63) is 54.4 Å². The molecule has 2 aliphatic carbocycles. The third-order valence-electron chi connectivity index (χ3n) is 4.51. The summed E-state index contributed by atoms with van der Waals surface area (Å²) in [6.45, 7) is 7.94. The highest BCUT2D eigenvalue weighted by Crippen LogP contribution is 2.46. The Morgan fingerprint density at radius 1 is 0.607 bits per heavy atom. The lowest BCUT2D eigenvalue weighted by atomic mass is 10.2. The fraction of sp³-hybridized carbons (Fsp3) is 0.200. The monoisotopic (exact) mass is 442 g/mol. The predicted molar refractivity (Wildman–Crippen MR) is 117 cm³/mol. The first-order valence-corrected chi connectivity index (χ1v) is 11.9. The molecule has 0 radical (unpaired) electrons. The van der Waals surface area contributed by atoms with Gasteiger partial charge in [-0.15, -0.1) is 45.3 Å². The van der Waals surface area contributed by atoms with Crippen LogP contribution in [-0.4, -0.2) is 21.5 Å². The highest BCUT2D eigenvalue weighted by molar-refractivity contribution is 7.23. The molecule has 0 saturated heterocycles. The molecule has 6 rings (SSSR count). The molecular formula is C20H14N2O2S4. The minimum absolute atomic E-state index is 0.0105. The van der Waals surface area contributed by atoms with Gasteiger partial charge >= 0.3 is 0 Å². The topological polar surface area (TPSA) is 59.9 Å². The number of hydrogen-bond donors (Lipinski definition) is 0. The second kappa shape index (κ2) is 6.25. The fourth-order valence-corrected chi connectivity index (χ4v) is 7.57. The molecule has 4 aromatic heterocycles. The Hall–Kier alpha value is -2.00. The molecule has 0 aromatic carbocycles. The van der Waals surface area contributed by atoms with E-state index >= 15 is 0 Å². The maximum atomic E-state index is 11.9. The Bertz CT molecular complexity index is 1100. The quantitative estimate of drug-likeness (QED) is 0.287. The summed E-state index contributed by atoms with van der Waals surface area (Å²) >= 11 is 6.60. The molecule has 0 aliphatic heterocycles. The van der Waals surface area contributed by atoms with Gasteiger partial charge in [-0.05, 0) is 39.8 Å². The third-order valence-corrected chi connectivity index (χ3v) is 8.88. The summed E-state index contributed by atoms with van der Waals surface area (Å²) in [6, 6.07) is 4.01. The molecule has 4 aromatic rings. The van der Waals surface area contributed by atoms with Gasteiger partial charge in [0.25, 0.3) is 0 Å². The van der Waals surface area contributed by atoms with Gasteiger partial charge in [-0.2, -0.15) is 0 Å². The molecule has 0 spiro atoms. The van der Waals surface area contributed by atoms with E-state index in [0.29, 0.717) is 11.4 Å². The zero-order valence-electron chi connectivity index (χ0n) is 15.5. The Morgan fingerprint density at radius 3 is 1.46 bits per heavy atom. The lowest BCUT2D eigenvalue weighted by molar-refractivity contribution is 0.103. The van der Waals surface area contributed by atoms with Crippen LogP contribution in [0.25, 0.3) is 19.5 Å². The molecule has 0 amide bonds. The van der Waals surface area contributed by atoms with E-state index in [0.717, 1.165) is 30.9 Å². The molecule has 0 atom stereocenters. The summed E-state index contributed by atoms with van der Waals surface area (Å²) < 4.78 is 0. The standard InChI is InChI=1S/C11H8OS2.C9H6N2OS2/c1-5-3-7-9(12)8-4-6(2)14-11(8)10(7)13-5;1-3-10-5-7(12)6-9(8(5)13-3)14-4(2)11-6/h3-4H,1-2H3;1-2H3. The molecular weight excluding hydrogens is 429 g/mol. The number of aromatic nitrogens is 2. The number of carbonyl (C=O) groups excluding carboxylic acids is 2. The number of fused-ring (bicyclic) bond motifs is 6. The van der Waals surface area contributed by atoms with Gasteiger partial charge < -0.3 is 0 Å². The Morgan fingerprint density at radius 2 is 1.04 bits per heavy atom. The summed E-state index contributed by atoms with van der Waals surface area (Å²) in [6.07, 6.45) is 0. The second-order valence-electron chi connectivity index (χ2n) is 6.68. The first kappa shape index (κ1) is 18.1. The number of carbonyl (C=O) groups is 2. The molecule has 140 valence electrons. The van der Waals surface area contributed by atoms with E-state index in [4.69, 9.17) is 0 Å². The van der Waals surface area contributed by atoms with E-state index in [9.17, 15) is 9.59 Å². The van der Waals surface area contributed by atoms with Gasteiger partial charge in [-0.3, -0.25) is 9.59 Å². The van der Waals surface area contributed by atoms with Gasteiger partial charge in [-0.25, -0.2) is 9.97 Å². The van der Waals surface area contributed by atoms with Crippen molar-refractivity contribution < 1.29 is 9.59 Å². The Balaban J connectivity index is 0.000000122. The van der Waals surface area contributed by atoms with Crippen LogP contribution in [0.3, 0.4) is 0 Å². The zero-order chi connectivity index (χ0) is 19.7. The highest BCUT2D eigenvalue weighted by atomic mass is 32.1. The van der Waals surface area contributed by atoms with E-state index in [1.807, 2.05) is 26.0 Å². The molecule has 0 bridgehead atoms. The van der Waals surface area contributed by atoms with Crippen LogP contribution in [0.1, 0.15) is 51.9 Å². The lowest BCUT2D eigenvalue weighted by Gasteiger charge is -1.86. The van der Waals surface area contributed by atoms with Gasteiger partial charge in [0.1, 0.15) is 11.4 Å². The van der Waals surface area contributed by atoms with Gasteiger partial charge in [0.05, 0.1) is 29.5 Å². The van der Waals surface area contributed by atoms with Crippen LogP contribution in [0.15, 0.2) is 12.1 Å². The summed E-state index contributed by atoms with van der Waals surface area (Å²) in [5.41, 5.74) is 3.02. The summed E-state index contributed by atoms with van der Waals surface area (Å²) in [5.74, 6) is 0.201. The number of aryl methyl sites for hydroxylation is 4. The zero-order valence-corrected chi connectivity index (χ0v) is 18.8. The molecule has 0 saturated carbocycles. The van der Waals surface area contributed by atoms with Crippen LogP contribution < -0.4 is 0 Å². The predicted octanol–water partition coefficient (Wildman–Crippen LogP) is 6.07. The van der Waals surface area contributed by atoms with E-state index in [2.05, 4.69) is 23.8 Å². The van der Waals surface area contributed by atoms with Gasteiger partial charge in [0.2, 0.25) is 5.78 Å². The van der Waals surface area contributed by atoms with Crippen molar-refractivity contribution >= 4 is 56.9 Å². The van der Waals surface area contributed by atoms with Crippen molar-refractivity contribution in [3.8, 4) is 19.5 Å². The number of ketones is 2. The molecule has 4 heterocycles. The van der Waals surface area contributed by atoms with Crippen LogP contribution >= 0.6 is 45.3 Å². The van der Waals surface area contributed by atoms with Gasteiger partial charge in [0.15, 0.2) is 5.78 Å². The van der Waals surface area contributed by atoms with Gasteiger partial charge in [-0.1, -0.05) is 0 Å². The minimum atomic E-state index is -0.0105. The lowest BCUT2D eigenvalue weighted by Crippen LogP contribution is -1.98. The summed E-state index contributed by atoms with van der Waals surface area (Å²) in [5, 5.41) is 1.89. The average molecular weight is 443 g/mol. The van der Waals surface area contributed by atoms with Crippen LogP contribution in [0.5, 0.6) is 0 Å². The summed E-state index contributed by atoms with van der Waals surface area (Å²) in [7, 11) is 0. The summed E-state index contributed by atoms with van der Waals surface area (Å²) in [4.78, 5) is 39.0. The van der Waals surface area contributed by atoms with E-state index in [1.165, 1.54) is 19.5 Å². The number of hydrogen-bond acceptors (Lipinski definition) is 8.